The molecular weight excluding hydrogens is 462 g/mol. The number of nitrogens with zero attached hydrogens (tertiary/aromatic N) is 4. The lowest BCUT2D eigenvalue weighted by Crippen LogP contribution is -2.30. The average Bonchev–Trinajstić information content (AvgIpc) is 3.54. The molecule has 0 radical (unpaired) electrons. The maximum absolute atomic E-state index is 13.8. The fourth-order valence-electron chi connectivity index (χ4n) is 4.96. The van der Waals surface area contributed by atoms with Gasteiger partial charge in [-0.25, -0.2) is 9.99 Å². The number of hydrazone groups is 1. The Morgan fingerprint density at radius 1 is 0.919 bits per heavy atom. The number of amides is 1. The van der Waals surface area contributed by atoms with Crippen LogP contribution in [0, 0.1) is 0 Å². The third-order valence-corrected chi connectivity index (χ3v) is 6.78. The van der Waals surface area contributed by atoms with Gasteiger partial charge in [0.2, 0.25) is 5.95 Å². The molecule has 0 aliphatic carbocycles. The van der Waals surface area contributed by atoms with Gasteiger partial charge in [0.25, 0.3) is 5.91 Å². The third-order valence-electron chi connectivity index (χ3n) is 6.78. The predicted molar refractivity (Wildman–Crippen MR) is 146 cm³/mol. The van der Waals surface area contributed by atoms with Crippen molar-refractivity contribution in [1.29, 1.82) is 0 Å². The van der Waals surface area contributed by atoms with E-state index in [1.807, 2.05) is 71.3 Å². The third kappa shape index (κ3) is 4.45. The van der Waals surface area contributed by atoms with Crippen LogP contribution in [-0.2, 0) is 11.3 Å². The first kappa shape index (κ1) is 22.9. The second kappa shape index (κ2) is 9.87. The van der Waals surface area contributed by atoms with Crippen molar-refractivity contribution in [3.63, 3.8) is 0 Å². The van der Waals surface area contributed by atoms with E-state index in [9.17, 15) is 9.90 Å². The van der Waals surface area contributed by atoms with Crippen molar-refractivity contribution in [3.05, 3.63) is 108 Å². The monoisotopic (exact) mass is 489 g/mol. The Kier molecular flexibility index (Phi) is 6.12. The number of rotatable bonds is 7. The van der Waals surface area contributed by atoms with Crippen LogP contribution in [0.25, 0.3) is 21.8 Å². The molecule has 1 aliphatic rings. The Balaban J connectivity index is 1.37. The molecule has 0 fully saturated rings. The molecule has 1 aromatic heterocycles. The summed E-state index contributed by atoms with van der Waals surface area (Å²) in [6.07, 6.45) is 0.633. The zero-order valence-corrected chi connectivity index (χ0v) is 20.3. The van der Waals surface area contributed by atoms with Gasteiger partial charge in [-0.3, -0.25) is 4.79 Å². The number of hydrogen-bond donors (Lipinski definition) is 2. The van der Waals surface area contributed by atoms with Crippen molar-refractivity contribution in [3.8, 4) is 0 Å². The van der Waals surface area contributed by atoms with Crippen molar-refractivity contribution in [2.75, 3.05) is 18.5 Å². The van der Waals surface area contributed by atoms with Gasteiger partial charge in [0.15, 0.2) is 0 Å². The molecule has 1 aliphatic heterocycles. The lowest BCUT2D eigenvalue weighted by molar-refractivity contribution is -0.133. The topological polar surface area (TPSA) is 82.8 Å². The van der Waals surface area contributed by atoms with Crippen LogP contribution in [0.2, 0.25) is 0 Å². The molecule has 37 heavy (non-hydrogen) atoms. The second-order valence-electron chi connectivity index (χ2n) is 9.14. The van der Waals surface area contributed by atoms with Crippen LogP contribution < -0.4 is 5.32 Å². The number of aliphatic hydroxyl groups excluding tert-OH is 1. The number of aliphatic hydroxyl groups is 1. The Labute approximate surface area is 214 Å². The quantitative estimate of drug-likeness (QED) is 0.338. The lowest BCUT2D eigenvalue weighted by atomic mass is 9.97. The summed E-state index contributed by atoms with van der Waals surface area (Å²) in [5.74, 6) is 0.428. The van der Waals surface area contributed by atoms with E-state index >= 15 is 0 Å². The fourth-order valence-corrected chi connectivity index (χ4v) is 4.96. The number of carbonyl (C=O) groups is 1. The average molecular weight is 490 g/mol. The van der Waals surface area contributed by atoms with Gasteiger partial charge in [-0.2, -0.15) is 5.10 Å². The summed E-state index contributed by atoms with van der Waals surface area (Å²) >= 11 is 0. The van der Waals surface area contributed by atoms with Crippen LogP contribution in [0.5, 0.6) is 0 Å². The summed E-state index contributed by atoms with van der Waals surface area (Å²) in [7, 11) is 0. The van der Waals surface area contributed by atoms with Gasteiger partial charge in [0.05, 0.1) is 29.4 Å². The van der Waals surface area contributed by atoms with E-state index in [4.69, 9.17) is 5.10 Å². The minimum atomic E-state index is -0.196. The van der Waals surface area contributed by atoms with Crippen molar-refractivity contribution < 1.29 is 9.90 Å². The molecule has 7 heteroatoms. The molecule has 4 aromatic carbocycles. The first-order chi connectivity index (χ1) is 18.2. The molecular formula is C30H27N5O2. The van der Waals surface area contributed by atoms with Crippen molar-refractivity contribution >= 4 is 39.4 Å². The van der Waals surface area contributed by atoms with Gasteiger partial charge >= 0.3 is 0 Å². The first-order valence-electron chi connectivity index (χ1n) is 12.4. The summed E-state index contributed by atoms with van der Waals surface area (Å²) in [6.45, 7) is 0.392. The largest absolute Gasteiger partial charge is 0.395 e. The molecule has 6 rings (SSSR count). The molecule has 1 amide bonds. The van der Waals surface area contributed by atoms with Gasteiger partial charge in [-0.05, 0) is 40.1 Å². The molecule has 2 heterocycles. The van der Waals surface area contributed by atoms with E-state index in [-0.39, 0.29) is 25.1 Å². The molecule has 2 N–H and O–H groups in total. The van der Waals surface area contributed by atoms with E-state index in [0.717, 1.165) is 33.3 Å². The second-order valence-corrected chi connectivity index (χ2v) is 9.14. The Morgan fingerprint density at radius 3 is 2.51 bits per heavy atom. The minimum absolute atomic E-state index is 0.0290. The Bertz CT molecular complexity index is 1610. The highest BCUT2D eigenvalue weighted by Gasteiger charge is 2.33. The van der Waals surface area contributed by atoms with Gasteiger partial charge in [0, 0.05) is 13.0 Å². The number of fused-ring (bicyclic) bond motifs is 2. The Hall–Kier alpha value is -4.49. The molecule has 5 aromatic rings. The molecule has 184 valence electrons. The van der Waals surface area contributed by atoms with Crippen molar-refractivity contribution in [1.82, 2.24) is 14.6 Å². The molecule has 7 nitrogen and oxygen atoms in total. The molecule has 1 atom stereocenters. The van der Waals surface area contributed by atoms with E-state index in [1.165, 1.54) is 5.39 Å². The normalized spacial score (nSPS) is 15.3. The van der Waals surface area contributed by atoms with Crippen LogP contribution in [0.4, 0.5) is 5.95 Å². The van der Waals surface area contributed by atoms with Crippen LogP contribution in [0.1, 0.15) is 23.6 Å². The molecule has 0 bridgehead atoms. The minimum Gasteiger partial charge on any atom is -0.395 e. The van der Waals surface area contributed by atoms with Gasteiger partial charge in [0.1, 0.15) is 6.54 Å². The van der Waals surface area contributed by atoms with Crippen LogP contribution in [-0.4, -0.2) is 44.4 Å². The number of anilines is 1. The number of para-hydroxylation sites is 2. The molecule has 0 saturated heterocycles. The van der Waals surface area contributed by atoms with E-state index < -0.39 is 0 Å². The van der Waals surface area contributed by atoms with Crippen LogP contribution >= 0.6 is 0 Å². The van der Waals surface area contributed by atoms with Gasteiger partial charge in [-0.15, -0.1) is 0 Å². The maximum atomic E-state index is 13.8. The van der Waals surface area contributed by atoms with Crippen LogP contribution in [0.3, 0.4) is 0 Å². The predicted octanol–water partition coefficient (Wildman–Crippen LogP) is 4.97. The van der Waals surface area contributed by atoms with Crippen molar-refractivity contribution in [2.45, 2.75) is 19.0 Å². The smallest absolute Gasteiger partial charge is 0.263 e. The number of nitrogens with one attached hydrogen (secondary N) is 1. The van der Waals surface area contributed by atoms with Crippen molar-refractivity contribution in [2.24, 2.45) is 5.10 Å². The van der Waals surface area contributed by atoms with E-state index in [1.54, 1.807) is 5.01 Å². The number of hydrogen-bond acceptors (Lipinski definition) is 5. The van der Waals surface area contributed by atoms with Gasteiger partial charge in [-0.1, -0.05) is 78.9 Å². The number of aromatic nitrogens is 2. The molecule has 0 saturated carbocycles. The summed E-state index contributed by atoms with van der Waals surface area (Å²) in [5.41, 5.74) is 4.60. The number of benzene rings is 4. The van der Waals surface area contributed by atoms with E-state index in [2.05, 4.69) is 40.6 Å². The SMILES string of the molecule is O=C(Cn1c(NCCO)nc2ccccc21)N1N=C(c2ccc3ccccc3c2)CC1c1ccccc1. The highest BCUT2D eigenvalue weighted by molar-refractivity contribution is 6.05. The zero-order chi connectivity index (χ0) is 25.2. The van der Waals surface area contributed by atoms with E-state index in [0.29, 0.717) is 18.9 Å². The lowest BCUT2D eigenvalue weighted by Gasteiger charge is -2.23. The number of imidazole rings is 1. The highest BCUT2D eigenvalue weighted by Crippen LogP contribution is 2.34. The number of carbonyl (C=O) groups excluding carboxylic acids is 1. The fraction of sp³-hybridized carbons (Fsp3) is 0.167. The first-order valence-corrected chi connectivity index (χ1v) is 12.4. The standard InChI is InChI=1S/C30H27N5O2/c36-17-16-31-30-32-25-12-6-7-13-27(25)34(30)20-29(37)35-28(22-9-2-1-3-10-22)19-26(33-35)24-15-14-21-8-4-5-11-23(21)18-24/h1-15,18,28,36H,16-17,19-20H2,(H,31,32). The summed E-state index contributed by atoms with van der Waals surface area (Å²) < 4.78 is 1.86. The zero-order valence-electron chi connectivity index (χ0n) is 20.3. The molecule has 1 unspecified atom stereocenters. The van der Waals surface area contributed by atoms with Gasteiger partial charge < -0.3 is 15.0 Å². The van der Waals surface area contributed by atoms with Crippen LogP contribution in [0.15, 0.2) is 102 Å². The maximum Gasteiger partial charge on any atom is 0.263 e. The molecule has 0 spiro atoms. The highest BCUT2D eigenvalue weighted by atomic mass is 16.3. The summed E-state index contributed by atoms with van der Waals surface area (Å²) in [6, 6.07) is 32.2. The Morgan fingerprint density at radius 2 is 1.68 bits per heavy atom. The summed E-state index contributed by atoms with van der Waals surface area (Å²) in [4.78, 5) is 18.5. The summed E-state index contributed by atoms with van der Waals surface area (Å²) in [5, 5.41) is 21.3.